The van der Waals surface area contributed by atoms with E-state index in [-0.39, 0.29) is 6.03 Å². The van der Waals surface area contributed by atoms with Crippen LogP contribution in [-0.2, 0) is 0 Å². The van der Waals surface area contributed by atoms with Crippen molar-refractivity contribution in [3.63, 3.8) is 0 Å². The van der Waals surface area contributed by atoms with Crippen molar-refractivity contribution in [3.05, 3.63) is 0 Å². The van der Waals surface area contributed by atoms with Gasteiger partial charge in [0, 0.05) is 19.1 Å². The highest BCUT2D eigenvalue weighted by atomic mass is 16.2. The van der Waals surface area contributed by atoms with Gasteiger partial charge < -0.3 is 10.2 Å². The van der Waals surface area contributed by atoms with Crippen LogP contribution in [0.15, 0.2) is 0 Å². The molecule has 0 aliphatic carbocycles. The maximum atomic E-state index is 10.8. The molecule has 1 unspecified atom stereocenters. The van der Waals surface area contributed by atoms with E-state index in [2.05, 4.69) is 5.32 Å². The van der Waals surface area contributed by atoms with Crippen molar-refractivity contribution in [2.75, 3.05) is 13.1 Å². The van der Waals surface area contributed by atoms with E-state index < -0.39 is 0 Å². The van der Waals surface area contributed by atoms with Crippen LogP contribution >= 0.6 is 0 Å². The molecule has 1 aliphatic rings. The van der Waals surface area contributed by atoms with Gasteiger partial charge in [0.25, 0.3) is 0 Å². The summed E-state index contributed by atoms with van der Waals surface area (Å²) in [5, 5.41) is 2.80. The number of urea groups is 1. The molecular weight excluding hydrogens is 116 g/mol. The number of rotatable bonds is 1. The molecule has 1 atom stereocenters. The van der Waals surface area contributed by atoms with Gasteiger partial charge in [-0.15, -0.1) is 0 Å². The average molecular weight is 128 g/mol. The van der Waals surface area contributed by atoms with E-state index >= 15 is 0 Å². The molecule has 1 aliphatic heterocycles. The summed E-state index contributed by atoms with van der Waals surface area (Å²) in [5.41, 5.74) is 0. The molecule has 9 heavy (non-hydrogen) atoms. The van der Waals surface area contributed by atoms with Gasteiger partial charge in [0.05, 0.1) is 0 Å². The summed E-state index contributed by atoms with van der Waals surface area (Å²) in [7, 11) is 0. The molecule has 1 fully saturated rings. The van der Waals surface area contributed by atoms with Crippen LogP contribution in [0, 0.1) is 0 Å². The number of carbonyl (C=O) groups is 1. The molecule has 1 heterocycles. The van der Waals surface area contributed by atoms with E-state index in [0.29, 0.717) is 6.04 Å². The highest BCUT2D eigenvalue weighted by molar-refractivity contribution is 5.76. The maximum Gasteiger partial charge on any atom is 0.317 e. The standard InChI is InChI=1S/C6H12N2O/c1-3-8-4-5(2)7-6(8)9/h5H,3-4H2,1-2H3,(H,7,9). The Morgan fingerprint density at radius 1 is 1.89 bits per heavy atom. The highest BCUT2D eigenvalue weighted by Gasteiger charge is 2.22. The Labute approximate surface area is 55.0 Å². The van der Waals surface area contributed by atoms with E-state index in [1.54, 1.807) is 4.90 Å². The van der Waals surface area contributed by atoms with Gasteiger partial charge in [-0.3, -0.25) is 0 Å². The summed E-state index contributed by atoms with van der Waals surface area (Å²) < 4.78 is 0. The van der Waals surface area contributed by atoms with Crippen molar-refractivity contribution in [1.82, 2.24) is 10.2 Å². The molecule has 3 nitrogen and oxygen atoms in total. The maximum absolute atomic E-state index is 10.8. The lowest BCUT2D eigenvalue weighted by Gasteiger charge is -2.08. The average Bonchev–Trinajstić information content (AvgIpc) is 2.10. The number of carbonyl (C=O) groups excluding carboxylic acids is 1. The van der Waals surface area contributed by atoms with Crippen LogP contribution in [0.2, 0.25) is 0 Å². The topological polar surface area (TPSA) is 32.3 Å². The van der Waals surface area contributed by atoms with Gasteiger partial charge in [0.15, 0.2) is 0 Å². The molecule has 1 saturated heterocycles. The summed E-state index contributed by atoms with van der Waals surface area (Å²) in [5.74, 6) is 0. The molecule has 1 N–H and O–H groups in total. The van der Waals surface area contributed by atoms with Gasteiger partial charge in [-0.25, -0.2) is 4.79 Å². The Morgan fingerprint density at radius 3 is 2.78 bits per heavy atom. The van der Waals surface area contributed by atoms with E-state index in [9.17, 15) is 4.79 Å². The molecule has 1 rings (SSSR count). The van der Waals surface area contributed by atoms with Gasteiger partial charge in [-0.1, -0.05) is 0 Å². The van der Waals surface area contributed by atoms with Crippen LogP contribution in [0.5, 0.6) is 0 Å². The summed E-state index contributed by atoms with van der Waals surface area (Å²) in [6.07, 6.45) is 0. The molecule has 0 bridgehead atoms. The van der Waals surface area contributed by atoms with Crippen LogP contribution in [0.25, 0.3) is 0 Å². The minimum absolute atomic E-state index is 0.0741. The lowest BCUT2D eigenvalue weighted by Crippen LogP contribution is -2.27. The predicted molar refractivity (Wildman–Crippen MR) is 35.2 cm³/mol. The molecule has 52 valence electrons. The molecule has 0 spiro atoms. The fourth-order valence-electron chi connectivity index (χ4n) is 1.03. The lowest BCUT2D eigenvalue weighted by molar-refractivity contribution is 0.219. The summed E-state index contributed by atoms with van der Waals surface area (Å²) in [6.45, 7) is 5.66. The van der Waals surface area contributed by atoms with Crippen LogP contribution in [0.3, 0.4) is 0 Å². The van der Waals surface area contributed by atoms with Crippen LogP contribution in [0.4, 0.5) is 4.79 Å². The van der Waals surface area contributed by atoms with Crippen molar-refractivity contribution in [1.29, 1.82) is 0 Å². The van der Waals surface area contributed by atoms with Crippen LogP contribution in [-0.4, -0.2) is 30.1 Å². The molecule has 3 heteroatoms. The Balaban J connectivity index is 2.48. The Kier molecular flexibility index (Phi) is 1.60. The molecule has 0 saturated carbocycles. The van der Waals surface area contributed by atoms with Gasteiger partial charge in [0.2, 0.25) is 0 Å². The van der Waals surface area contributed by atoms with Crippen molar-refractivity contribution in [2.45, 2.75) is 19.9 Å². The first-order chi connectivity index (χ1) is 4.24. The molecule has 0 radical (unpaired) electrons. The third-order valence-corrected chi connectivity index (χ3v) is 1.53. The first-order valence-corrected chi connectivity index (χ1v) is 3.29. The predicted octanol–water partition coefficient (Wildman–Crippen LogP) is 0.420. The minimum Gasteiger partial charge on any atom is -0.334 e. The monoisotopic (exact) mass is 128 g/mol. The van der Waals surface area contributed by atoms with Gasteiger partial charge >= 0.3 is 6.03 Å². The second-order valence-corrected chi connectivity index (χ2v) is 2.39. The fourth-order valence-corrected chi connectivity index (χ4v) is 1.03. The van der Waals surface area contributed by atoms with Gasteiger partial charge in [-0.05, 0) is 13.8 Å². The molecule has 0 aromatic heterocycles. The van der Waals surface area contributed by atoms with Crippen LogP contribution in [0.1, 0.15) is 13.8 Å². The number of hydrogen-bond acceptors (Lipinski definition) is 1. The quantitative estimate of drug-likeness (QED) is 0.545. The summed E-state index contributed by atoms with van der Waals surface area (Å²) in [6, 6.07) is 0.405. The van der Waals surface area contributed by atoms with Crippen molar-refractivity contribution >= 4 is 6.03 Å². The number of likely N-dealkylation sites (N-methyl/N-ethyl adjacent to an activating group) is 1. The summed E-state index contributed by atoms with van der Waals surface area (Å²) in [4.78, 5) is 12.6. The largest absolute Gasteiger partial charge is 0.334 e. The second-order valence-electron chi connectivity index (χ2n) is 2.39. The lowest BCUT2D eigenvalue weighted by atomic mass is 10.4. The number of nitrogens with zero attached hydrogens (tertiary/aromatic N) is 1. The molecule has 2 amide bonds. The minimum atomic E-state index is 0.0741. The van der Waals surface area contributed by atoms with E-state index in [1.807, 2.05) is 13.8 Å². The van der Waals surface area contributed by atoms with Gasteiger partial charge in [0.1, 0.15) is 0 Å². The Hall–Kier alpha value is -0.730. The smallest absolute Gasteiger partial charge is 0.317 e. The number of nitrogens with one attached hydrogen (secondary N) is 1. The molecule has 0 aromatic carbocycles. The fraction of sp³-hybridized carbons (Fsp3) is 0.833. The van der Waals surface area contributed by atoms with E-state index in [0.717, 1.165) is 13.1 Å². The zero-order valence-electron chi connectivity index (χ0n) is 5.85. The third-order valence-electron chi connectivity index (χ3n) is 1.53. The van der Waals surface area contributed by atoms with E-state index in [1.165, 1.54) is 0 Å². The third kappa shape index (κ3) is 1.15. The Bertz CT molecular complexity index is 124. The second kappa shape index (κ2) is 2.25. The van der Waals surface area contributed by atoms with Gasteiger partial charge in [-0.2, -0.15) is 0 Å². The summed E-state index contributed by atoms with van der Waals surface area (Å²) >= 11 is 0. The highest BCUT2D eigenvalue weighted by Crippen LogP contribution is 2.00. The first kappa shape index (κ1) is 6.39. The normalized spacial score (nSPS) is 26.7. The van der Waals surface area contributed by atoms with Crippen LogP contribution < -0.4 is 5.32 Å². The number of amides is 2. The van der Waals surface area contributed by atoms with Crippen molar-refractivity contribution < 1.29 is 4.79 Å². The zero-order valence-corrected chi connectivity index (χ0v) is 5.85. The molecule has 0 aromatic rings. The van der Waals surface area contributed by atoms with Crippen molar-refractivity contribution in [2.24, 2.45) is 0 Å². The number of hydrogen-bond donors (Lipinski definition) is 1. The SMILES string of the molecule is CCN1CC(C)NC1=O. The Morgan fingerprint density at radius 2 is 2.56 bits per heavy atom. The zero-order chi connectivity index (χ0) is 6.85. The first-order valence-electron chi connectivity index (χ1n) is 3.29. The van der Waals surface area contributed by atoms with Crippen molar-refractivity contribution in [3.8, 4) is 0 Å². The molecular formula is C6H12N2O. The van der Waals surface area contributed by atoms with E-state index in [4.69, 9.17) is 0 Å².